The molecule has 2 heterocycles. The molecule has 5 rings (SSSR count). The van der Waals surface area contributed by atoms with Gasteiger partial charge in [-0.1, -0.05) is 24.3 Å². The fraction of sp³-hybridized carbons (Fsp3) is 0.394. The van der Waals surface area contributed by atoms with Crippen LogP contribution in [0.3, 0.4) is 0 Å². The zero-order valence-corrected chi connectivity index (χ0v) is 24.9. The second-order valence-electron chi connectivity index (χ2n) is 11.0. The highest BCUT2D eigenvalue weighted by molar-refractivity contribution is 5.82. The zero-order chi connectivity index (χ0) is 30.4. The molecule has 10 heteroatoms. The van der Waals surface area contributed by atoms with Gasteiger partial charge in [-0.3, -0.25) is 15.0 Å². The fourth-order valence-electron chi connectivity index (χ4n) is 5.17. The summed E-state index contributed by atoms with van der Waals surface area (Å²) < 4.78 is 23.3. The van der Waals surface area contributed by atoms with Crippen molar-refractivity contribution in [2.75, 3.05) is 53.2 Å². The van der Waals surface area contributed by atoms with E-state index < -0.39 is 18.1 Å². The number of ether oxygens (including phenoxy) is 3. The first-order valence-electron chi connectivity index (χ1n) is 14.5. The third-order valence-corrected chi connectivity index (χ3v) is 7.95. The first-order valence-corrected chi connectivity index (χ1v) is 14.5. The van der Waals surface area contributed by atoms with Crippen LogP contribution in [0.4, 0.5) is 0 Å². The Labute approximate surface area is 251 Å². The third kappa shape index (κ3) is 7.00. The Morgan fingerprint density at radius 2 is 1.88 bits per heavy atom. The average Bonchev–Trinajstić information content (AvgIpc) is 3.44. The minimum absolute atomic E-state index is 0.158. The van der Waals surface area contributed by atoms with Gasteiger partial charge in [-0.15, -0.1) is 0 Å². The number of aliphatic hydroxyl groups excluding tert-OH is 1. The Kier molecular flexibility index (Phi) is 9.62. The minimum Gasteiger partial charge on any atom is -0.496 e. The lowest BCUT2D eigenvalue weighted by molar-refractivity contribution is -0.145. The van der Waals surface area contributed by atoms with Gasteiger partial charge in [0.15, 0.2) is 5.58 Å². The number of carbonyl (C=O) groups is 1. The van der Waals surface area contributed by atoms with Crippen molar-refractivity contribution in [2.45, 2.75) is 32.4 Å². The van der Waals surface area contributed by atoms with Crippen molar-refractivity contribution in [2.24, 2.45) is 0 Å². The quantitative estimate of drug-likeness (QED) is 0.192. The molecule has 228 valence electrons. The van der Waals surface area contributed by atoms with Gasteiger partial charge in [0.05, 0.1) is 33.5 Å². The molecule has 4 aromatic rings. The maximum Gasteiger partial charge on any atom is 0.326 e. The van der Waals surface area contributed by atoms with E-state index in [0.29, 0.717) is 34.9 Å². The molecule has 1 unspecified atom stereocenters. The number of carboxylic acid groups (broad SMARTS) is 1. The van der Waals surface area contributed by atoms with Crippen molar-refractivity contribution < 1.29 is 33.6 Å². The largest absolute Gasteiger partial charge is 0.496 e. The Hall–Kier alpha value is -3.96. The van der Waals surface area contributed by atoms with E-state index in [9.17, 15) is 15.0 Å². The summed E-state index contributed by atoms with van der Waals surface area (Å²) in [4.78, 5) is 18.8. The van der Waals surface area contributed by atoms with Crippen LogP contribution in [0.5, 0.6) is 11.5 Å². The number of benzene rings is 3. The topological polar surface area (TPSA) is 127 Å². The van der Waals surface area contributed by atoms with E-state index in [-0.39, 0.29) is 6.54 Å². The van der Waals surface area contributed by atoms with Gasteiger partial charge in [-0.25, -0.2) is 4.98 Å². The molecular weight excluding hydrogens is 550 g/mol. The lowest BCUT2D eigenvalue weighted by Crippen LogP contribution is -2.52. The molecule has 0 aliphatic carbocycles. The van der Waals surface area contributed by atoms with Crippen LogP contribution in [0.1, 0.15) is 24.5 Å². The molecule has 1 aliphatic heterocycles. The predicted molar refractivity (Wildman–Crippen MR) is 164 cm³/mol. The lowest BCUT2D eigenvalue weighted by Gasteiger charge is -2.26. The molecule has 0 spiro atoms. The molecule has 3 aromatic carbocycles. The summed E-state index contributed by atoms with van der Waals surface area (Å²) in [6.07, 6.45) is 0.958. The van der Waals surface area contributed by atoms with Gasteiger partial charge in [0.25, 0.3) is 0 Å². The minimum atomic E-state index is -1.49. The number of oxazole rings is 1. The molecule has 1 aliphatic rings. The number of nitrogens with zero attached hydrogens (tertiary/aromatic N) is 2. The summed E-state index contributed by atoms with van der Waals surface area (Å²) in [6.45, 7) is 8.30. The van der Waals surface area contributed by atoms with E-state index >= 15 is 0 Å². The van der Waals surface area contributed by atoms with Gasteiger partial charge < -0.3 is 28.8 Å². The van der Waals surface area contributed by atoms with Crippen molar-refractivity contribution in [1.29, 1.82) is 0 Å². The molecule has 1 saturated heterocycles. The van der Waals surface area contributed by atoms with Crippen molar-refractivity contribution >= 4 is 17.1 Å². The van der Waals surface area contributed by atoms with Crippen LogP contribution in [0.2, 0.25) is 0 Å². The summed E-state index contributed by atoms with van der Waals surface area (Å²) in [7, 11) is 1.54. The van der Waals surface area contributed by atoms with Crippen molar-refractivity contribution in [3.63, 3.8) is 0 Å². The number of nitrogens with one attached hydrogen (secondary N) is 1. The van der Waals surface area contributed by atoms with E-state index in [2.05, 4.69) is 28.4 Å². The van der Waals surface area contributed by atoms with Gasteiger partial charge in [-0.2, -0.15) is 0 Å². The summed E-state index contributed by atoms with van der Waals surface area (Å²) in [5, 5.41) is 22.0. The molecular formula is C33H39N3O7. The second-order valence-corrected chi connectivity index (χ2v) is 11.0. The number of hydrogen-bond donors (Lipinski definition) is 3. The third-order valence-electron chi connectivity index (χ3n) is 7.95. The first-order chi connectivity index (χ1) is 20.8. The Balaban J connectivity index is 1.34. The monoisotopic (exact) mass is 589 g/mol. The predicted octanol–water partition coefficient (Wildman–Crippen LogP) is 4.51. The number of methoxy groups -OCH3 is 1. The highest BCUT2D eigenvalue weighted by atomic mass is 16.5. The van der Waals surface area contributed by atoms with Crippen LogP contribution in [-0.2, 0) is 16.1 Å². The van der Waals surface area contributed by atoms with Crippen LogP contribution < -0.4 is 14.8 Å². The number of carboxylic acids is 1. The molecule has 1 fully saturated rings. The van der Waals surface area contributed by atoms with Crippen molar-refractivity contribution in [3.05, 3.63) is 65.7 Å². The van der Waals surface area contributed by atoms with Crippen LogP contribution in [0.15, 0.2) is 59.0 Å². The maximum atomic E-state index is 11.6. The van der Waals surface area contributed by atoms with Gasteiger partial charge in [0, 0.05) is 43.4 Å². The van der Waals surface area contributed by atoms with Gasteiger partial charge in [0.1, 0.15) is 22.6 Å². The summed E-state index contributed by atoms with van der Waals surface area (Å²) in [6, 6.07) is 17.7. The number of aliphatic hydroxyl groups is 1. The number of aliphatic carboxylic acids is 1. The number of hydrogen-bond acceptors (Lipinski definition) is 9. The summed E-state index contributed by atoms with van der Waals surface area (Å²) in [5.41, 5.74) is 4.36. The average molecular weight is 590 g/mol. The van der Waals surface area contributed by atoms with E-state index in [1.165, 1.54) is 6.92 Å². The smallest absolute Gasteiger partial charge is 0.326 e. The molecule has 0 saturated carbocycles. The van der Waals surface area contributed by atoms with E-state index in [1.807, 2.05) is 37.3 Å². The first kappa shape index (κ1) is 30.5. The molecule has 3 N–H and O–H groups in total. The maximum absolute atomic E-state index is 11.6. The van der Waals surface area contributed by atoms with Crippen molar-refractivity contribution in [3.8, 4) is 34.1 Å². The van der Waals surface area contributed by atoms with Crippen LogP contribution in [0, 0.1) is 6.92 Å². The highest BCUT2D eigenvalue weighted by Crippen LogP contribution is 2.35. The van der Waals surface area contributed by atoms with E-state index in [4.69, 9.17) is 23.6 Å². The number of morpholine rings is 1. The molecule has 43 heavy (non-hydrogen) atoms. The lowest BCUT2D eigenvalue weighted by atomic mass is 9.96. The number of fused-ring (bicyclic) bond motifs is 1. The van der Waals surface area contributed by atoms with Gasteiger partial charge in [0.2, 0.25) is 5.89 Å². The highest BCUT2D eigenvalue weighted by Gasteiger charge is 2.32. The normalized spacial score (nSPS) is 15.3. The summed E-state index contributed by atoms with van der Waals surface area (Å²) in [5.74, 6) is 0.693. The Morgan fingerprint density at radius 1 is 1.12 bits per heavy atom. The van der Waals surface area contributed by atoms with Crippen LogP contribution in [0.25, 0.3) is 33.7 Å². The number of rotatable bonds is 13. The molecule has 0 amide bonds. The SMILES string of the molecule is COc1cc2oc(-c3cccc(-c4cccc(OCCCN5CCOCC5)c4)c3C)nc2cc1CNC(C)(CO)C(=O)O. The standard InChI is InChI=1S/C33H39N3O7/c1-22-26(23-7-4-8-25(17-23)42-14-6-11-36-12-15-41-16-13-36)9-5-10-27(22)31-35-28-18-24(29(40-3)19-30(28)43-31)20-34-33(2,21-37)32(38)39/h4-5,7-10,17-19,34,37H,6,11-16,20-21H2,1-3H3,(H,38,39). The Morgan fingerprint density at radius 3 is 2.63 bits per heavy atom. The fourth-order valence-corrected chi connectivity index (χ4v) is 5.17. The van der Waals surface area contributed by atoms with Gasteiger partial charge >= 0.3 is 5.97 Å². The van der Waals surface area contributed by atoms with E-state index in [1.54, 1.807) is 13.2 Å². The van der Waals surface area contributed by atoms with Crippen molar-refractivity contribution in [1.82, 2.24) is 15.2 Å². The molecule has 1 atom stereocenters. The second kappa shape index (κ2) is 13.6. The van der Waals surface area contributed by atoms with E-state index in [0.717, 1.165) is 67.3 Å². The van der Waals surface area contributed by atoms with Gasteiger partial charge in [-0.05, 0) is 61.2 Å². The molecule has 0 bridgehead atoms. The summed E-state index contributed by atoms with van der Waals surface area (Å²) >= 11 is 0. The number of aromatic nitrogens is 1. The Bertz CT molecular complexity index is 1560. The molecule has 0 radical (unpaired) electrons. The molecule has 1 aromatic heterocycles. The van der Waals surface area contributed by atoms with Crippen LogP contribution >= 0.6 is 0 Å². The zero-order valence-electron chi connectivity index (χ0n) is 24.9. The molecule has 10 nitrogen and oxygen atoms in total. The van der Waals surface area contributed by atoms with Crippen LogP contribution in [-0.4, -0.2) is 84.8 Å².